The van der Waals surface area contributed by atoms with E-state index in [-0.39, 0.29) is 0 Å². The van der Waals surface area contributed by atoms with Gasteiger partial charge in [-0.2, -0.15) is 0 Å². The third-order valence-corrected chi connectivity index (χ3v) is 4.01. The highest BCUT2D eigenvalue weighted by Crippen LogP contribution is 2.28. The summed E-state index contributed by atoms with van der Waals surface area (Å²) in [5.74, 6) is 0.365. The van der Waals surface area contributed by atoms with Gasteiger partial charge in [0.25, 0.3) is 0 Å². The molecule has 0 heterocycles. The normalized spacial score (nSPS) is 22.9. The van der Waals surface area contributed by atoms with Crippen molar-refractivity contribution in [1.82, 2.24) is 0 Å². The lowest BCUT2D eigenvalue weighted by Crippen LogP contribution is -2.26. The molecule has 0 saturated heterocycles. The van der Waals surface area contributed by atoms with Crippen molar-refractivity contribution in [1.29, 1.82) is 0 Å². The molecule has 1 N–H and O–H groups in total. The second-order valence-corrected chi connectivity index (χ2v) is 5.71. The molecule has 0 bridgehead atoms. The van der Waals surface area contributed by atoms with E-state index < -0.39 is 5.97 Å². The molecule has 1 aromatic carbocycles. The van der Waals surface area contributed by atoms with Gasteiger partial charge < -0.3 is 10.1 Å². The predicted octanol–water partition coefficient (Wildman–Crippen LogP) is 4.12. The zero-order valence-corrected chi connectivity index (χ0v) is 12.2. The van der Waals surface area contributed by atoms with Crippen LogP contribution in [-0.4, -0.2) is 19.1 Å². The van der Waals surface area contributed by atoms with Crippen LogP contribution in [0.1, 0.15) is 43.0 Å². The van der Waals surface area contributed by atoms with Gasteiger partial charge in [0, 0.05) is 11.7 Å². The summed E-state index contributed by atoms with van der Waals surface area (Å²) in [5, 5.41) is 3.92. The van der Waals surface area contributed by atoms with Gasteiger partial charge in [-0.15, -0.1) is 0 Å². The molecular weight excluding hydrogens is 262 g/mol. The molecule has 2 rings (SSSR count). The Morgan fingerprint density at radius 2 is 2.21 bits per heavy atom. The molecule has 4 heteroatoms. The molecule has 0 spiro atoms. The van der Waals surface area contributed by atoms with E-state index in [4.69, 9.17) is 16.3 Å². The Balaban J connectivity index is 2.10. The molecule has 3 nitrogen and oxygen atoms in total. The van der Waals surface area contributed by atoms with Crippen molar-refractivity contribution in [3.8, 4) is 0 Å². The third kappa shape index (κ3) is 3.63. The lowest BCUT2D eigenvalue weighted by molar-refractivity contribution is 0.0601. The van der Waals surface area contributed by atoms with E-state index in [2.05, 4.69) is 12.2 Å². The molecule has 0 aromatic heterocycles. The Kier molecular flexibility index (Phi) is 4.70. The van der Waals surface area contributed by atoms with Gasteiger partial charge in [0.1, 0.15) is 0 Å². The Morgan fingerprint density at radius 1 is 1.42 bits per heavy atom. The minimum absolute atomic E-state index is 0.398. The third-order valence-electron chi connectivity index (χ3n) is 3.68. The van der Waals surface area contributed by atoms with Crippen LogP contribution in [0, 0.1) is 5.92 Å². The average Bonchev–Trinajstić information content (AvgIpc) is 2.40. The van der Waals surface area contributed by atoms with E-state index in [1.54, 1.807) is 12.1 Å². The Bertz CT molecular complexity index is 461. The van der Waals surface area contributed by atoms with Gasteiger partial charge in [-0.3, -0.25) is 0 Å². The smallest absolute Gasteiger partial charge is 0.339 e. The molecule has 1 aliphatic carbocycles. The fraction of sp³-hybridized carbons (Fsp3) is 0.533. The van der Waals surface area contributed by atoms with Crippen LogP contribution in [0.15, 0.2) is 18.2 Å². The van der Waals surface area contributed by atoms with Gasteiger partial charge in [-0.1, -0.05) is 31.4 Å². The number of hydrogen-bond donors (Lipinski definition) is 1. The van der Waals surface area contributed by atoms with Gasteiger partial charge in [-0.05, 0) is 37.0 Å². The van der Waals surface area contributed by atoms with Gasteiger partial charge in [0.15, 0.2) is 0 Å². The zero-order valence-electron chi connectivity index (χ0n) is 11.4. The van der Waals surface area contributed by atoms with Gasteiger partial charge in [0.05, 0.1) is 17.7 Å². The molecule has 1 fully saturated rings. The second kappa shape index (κ2) is 6.29. The van der Waals surface area contributed by atoms with E-state index in [0.29, 0.717) is 16.6 Å². The second-order valence-electron chi connectivity index (χ2n) is 5.30. The number of carbonyl (C=O) groups is 1. The summed E-state index contributed by atoms with van der Waals surface area (Å²) in [6, 6.07) is 5.90. The summed E-state index contributed by atoms with van der Waals surface area (Å²) in [6.07, 6.45) is 4.93. The molecule has 104 valence electrons. The van der Waals surface area contributed by atoms with Gasteiger partial charge in [-0.25, -0.2) is 4.79 Å². The monoisotopic (exact) mass is 281 g/mol. The van der Waals surface area contributed by atoms with Crippen molar-refractivity contribution >= 4 is 23.3 Å². The predicted molar refractivity (Wildman–Crippen MR) is 77.8 cm³/mol. The maximum absolute atomic E-state index is 11.6. The highest BCUT2D eigenvalue weighted by Gasteiger charge is 2.19. The van der Waals surface area contributed by atoms with Crippen molar-refractivity contribution in [3.63, 3.8) is 0 Å². The van der Waals surface area contributed by atoms with Crippen molar-refractivity contribution in [2.45, 2.75) is 38.6 Å². The van der Waals surface area contributed by atoms with Crippen LogP contribution in [-0.2, 0) is 4.74 Å². The maximum Gasteiger partial charge on any atom is 0.339 e. The van der Waals surface area contributed by atoms with E-state index in [1.165, 1.54) is 32.8 Å². The summed E-state index contributed by atoms with van der Waals surface area (Å²) in [6.45, 7) is 2.29. The minimum atomic E-state index is -0.398. The number of nitrogens with one attached hydrogen (secondary N) is 1. The molecule has 1 aromatic rings. The maximum atomic E-state index is 11.6. The number of halogens is 1. The van der Waals surface area contributed by atoms with Gasteiger partial charge in [0.2, 0.25) is 0 Å². The Labute approximate surface area is 119 Å². The number of hydrogen-bond acceptors (Lipinski definition) is 3. The van der Waals surface area contributed by atoms with E-state index in [0.717, 1.165) is 11.6 Å². The standard InChI is InChI=1S/C15H20ClNO2/c1-10-4-3-5-11(8-10)17-12-6-7-14(16)13(9-12)15(18)19-2/h6-7,9-11,17H,3-5,8H2,1-2H3. The topological polar surface area (TPSA) is 38.3 Å². The molecule has 0 amide bonds. The highest BCUT2D eigenvalue weighted by molar-refractivity contribution is 6.33. The van der Waals surface area contributed by atoms with Crippen LogP contribution < -0.4 is 5.32 Å². The molecule has 1 saturated carbocycles. The van der Waals surface area contributed by atoms with Crippen molar-refractivity contribution < 1.29 is 9.53 Å². The number of anilines is 1. The summed E-state index contributed by atoms with van der Waals surface area (Å²) < 4.78 is 4.73. The Hall–Kier alpha value is -1.22. The van der Waals surface area contributed by atoms with Crippen molar-refractivity contribution in [2.24, 2.45) is 5.92 Å². The number of esters is 1. The molecule has 1 aliphatic rings. The van der Waals surface area contributed by atoms with Crippen molar-refractivity contribution in [3.05, 3.63) is 28.8 Å². The minimum Gasteiger partial charge on any atom is -0.465 e. The quantitative estimate of drug-likeness (QED) is 0.847. The molecule has 0 radical (unpaired) electrons. The van der Waals surface area contributed by atoms with E-state index in [1.807, 2.05) is 6.07 Å². The number of benzene rings is 1. The van der Waals surface area contributed by atoms with E-state index >= 15 is 0 Å². The van der Waals surface area contributed by atoms with Gasteiger partial charge >= 0.3 is 5.97 Å². The average molecular weight is 282 g/mol. The number of carbonyl (C=O) groups excluding carboxylic acids is 1. The SMILES string of the molecule is COC(=O)c1cc(NC2CCCC(C)C2)ccc1Cl. The molecule has 2 unspecified atom stereocenters. The van der Waals surface area contributed by atoms with E-state index in [9.17, 15) is 4.79 Å². The first kappa shape index (κ1) is 14.2. The number of methoxy groups -OCH3 is 1. The number of ether oxygens (including phenoxy) is 1. The Morgan fingerprint density at radius 3 is 2.89 bits per heavy atom. The largest absolute Gasteiger partial charge is 0.465 e. The summed E-state index contributed by atoms with van der Waals surface area (Å²) >= 11 is 6.01. The van der Waals surface area contributed by atoms with Crippen molar-refractivity contribution in [2.75, 3.05) is 12.4 Å². The number of rotatable bonds is 3. The molecule has 2 atom stereocenters. The lowest BCUT2D eigenvalue weighted by atomic mass is 9.87. The van der Waals surface area contributed by atoms with Crippen LogP contribution in [0.3, 0.4) is 0 Å². The van der Waals surface area contributed by atoms with Crippen LogP contribution in [0.5, 0.6) is 0 Å². The van der Waals surface area contributed by atoms with Crippen LogP contribution >= 0.6 is 11.6 Å². The molecular formula is C15H20ClNO2. The fourth-order valence-electron chi connectivity index (χ4n) is 2.68. The fourth-order valence-corrected chi connectivity index (χ4v) is 2.88. The zero-order chi connectivity index (χ0) is 13.8. The first-order chi connectivity index (χ1) is 9.10. The van der Waals surface area contributed by atoms with Crippen LogP contribution in [0.25, 0.3) is 0 Å². The first-order valence-electron chi connectivity index (χ1n) is 6.74. The molecule has 19 heavy (non-hydrogen) atoms. The van der Waals surface area contributed by atoms with Crippen LogP contribution in [0.2, 0.25) is 5.02 Å². The first-order valence-corrected chi connectivity index (χ1v) is 7.12. The summed E-state index contributed by atoms with van der Waals surface area (Å²) in [7, 11) is 1.36. The summed E-state index contributed by atoms with van der Waals surface area (Å²) in [5.41, 5.74) is 1.35. The lowest BCUT2D eigenvalue weighted by Gasteiger charge is -2.28. The van der Waals surface area contributed by atoms with Crippen LogP contribution in [0.4, 0.5) is 5.69 Å². The summed E-state index contributed by atoms with van der Waals surface area (Å²) in [4.78, 5) is 11.6. The highest BCUT2D eigenvalue weighted by atomic mass is 35.5. The molecule has 0 aliphatic heterocycles.